The molecule has 30 heavy (non-hydrogen) atoms. The maximum absolute atomic E-state index is 12.7. The number of hydrogen-bond donors (Lipinski definition) is 1. The number of carbonyl (C=O) groups is 2. The molecule has 7 heteroatoms. The second-order valence-electron chi connectivity index (χ2n) is 6.99. The Morgan fingerprint density at radius 2 is 1.50 bits per heavy atom. The van der Waals surface area contributed by atoms with Crippen molar-refractivity contribution < 1.29 is 18.0 Å². The van der Waals surface area contributed by atoms with E-state index in [2.05, 4.69) is 0 Å². The van der Waals surface area contributed by atoms with E-state index < -0.39 is 15.7 Å². The molecule has 2 amide bonds. The molecule has 0 bridgehead atoms. The van der Waals surface area contributed by atoms with Crippen molar-refractivity contribution >= 4 is 21.7 Å². The van der Waals surface area contributed by atoms with Crippen LogP contribution in [-0.2, 0) is 22.1 Å². The second-order valence-corrected chi connectivity index (χ2v) is 8.98. The first-order valence-electron chi connectivity index (χ1n) is 9.27. The number of rotatable bonds is 7. The van der Waals surface area contributed by atoms with E-state index in [9.17, 15) is 18.0 Å². The third-order valence-electron chi connectivity index (χ3n) is 4.64. The van der Waals surface area contributed by atoms with Gasteiger partial charge in [-0.25, -0.2) is 8.42 Å². The summed E-state index contributed by atoms with van der Waals surface area (Å²) in [5, 5.41) is 0. The van der Waals surface area contributed by atoms with Gasteiger partial charge in [0.1, 0.15) is 0 Å². The molecule has 0 saturated heterocycles. The summed E-state index contributed by atoms with van der Waals surface area (Å²) in [5.41, 5.74) is 7.52. The van der Waals surface area contributed by atoms with Gasteiger partial charge < -0.3 is 10.6 Å². The van der Waals surface area contributed by atoms with Crippen LogP contribution in [0.15, 0.2) is 83.8 Å². The number of hydrogen-bond acceptors (Lipinski definition) is 4. The summed E-state index contributed by atoms with van der Waals surface area (Å²) in [5.74, 6) is -0.870. The van der Waals surface area contributed by atoms with Crippen molar-refractivity contribution in [3.8, 4) is 0 Å². The van der Waals surface area contributed by atoms with Crippen LogP contribution >= 0.6 is 0 Å². The summed E-state index contributed by atoms with van der Waals surface area (Å²) < 4.78 is 25.0. The van der Waals surface area contributed by atoms with Crippen LogP contribution in [0.3, 0.4) is 0 Å². The van der Waals surface area contributed by atoms with Gasteiger partial charge in [-0.1, -0.05) is 42.5 Å². The van der Waals surface area contributed by atoms with Crippen molar-refractivity contribution in [1.29, 1.82) is 0 Å². The molecule has 3 rings (SSSR count). The van der Waals surface area contributed by atoms with Gasteiger partial charge in [-0.05, 0) is 47.5 Å². The zero-order chi connectivity index (χ0) is 21.7. The minimum Gasteiger partial charge on any atom is -0.366 e. The predicted octanol–water partition coefficient (Wildman–Crippen LogP) is 3.03. The van der Waals surface area contributed by atoms with Gasteiger partial charge in [0.05, 0.1) is 10.6 Å². The molecule has 0 aromatic heterocycles. The standard InChI is InChI=1S/C23H22N2O4S/c1-25(15-18-6-5-7-20(14-18)22(24)26)23(27)19-12-10-17(11-13-19)16-30(28,29)21-8-3-2-4-9-21/h2-14H,15-16H2,1H3,(H2,24,26). The van der Waals surface area contributed by atoms with E-state index in [0.29, 0.717) is 23.2 Å². The molecule has 0 atom stereocenters. The summed E-state index contributed by atoms with van der Waals surface area (Å²) in [6.07, 6.45) is 0. The van der Waals surface area contributed by atoms with E-state index in [1.807, 2.05) is 6.07 Å². The third kappa shape index (κ3) is 5.12. The molecule has 0 heterocycles. The van der Waals surface area contributed by atoms with E-state index in [-0.39, 0.29) is 16.6 Å². The molecule has 0 saturated carbocycles. The monoisotopic (exact) mass is 422 g/mol. The van der Waals surface area contributed by atoms with Crippen molar-refractivity contribution in [2.45, 2.75) is 17.2 Å². The van der Waals surface area contributed by atoms with Crippen LogP contribution in [-0.4, -0.2) is 32.2 Å². The smallest absolute Gasteiger partial charge is 0.253 e. The Bertz CT molecular complexity index is 1160. The Labute approximate surface area is 175 Å². The van der Waals surface area contributed by atoms with Crippen molar-refractivity contribution in [2.24, 2.45) is 5.73 Å². The molecule has 3 aromatic rings. The van der Waals surface area contributed by atoms with Crippen LogP contribution in [0.5, 0.6) is 0 Å². The normalized spacial score (nSPS) is 11.1. The highest BCUT2D eigenvalue weighted by Gasteiger charge is 2.16. The van der Waals surface area contributed by atoms with Gasteiger partial charge in [-0.2, -0.15) is 0 Å². The van der Waals surface area contributed by atoms with E-state index >= 15 is 0 Å². The fourth-order valence-corrected chi connectivity index (χ4v) is 4.43. The number of carbonyl (C=O) groups excluding carboxylic acids is 2. The molecule has 2 N–H and O–H groups in total. The van der Waals surface area contributed by atoms with Gasteiger partial charge >= 0.3 is 0 Å². The molecule has 6 nitrogen and oxygen atoms in total. The highest BCUT2D eigenvalue weighted by Crippen LogP contribution is 2.17. The average Bonchev–Trinajstić information content (AvgIpc) is 2.74. The number of nitrogens with two attached hydrogens (primary N) is 1. The zero-order valence-corrected chi connectivity index (χ0v) is 17.3. The number of sulfone groups is 1. The summed E-state index contributed by atoms with van der Waals surface area (Å²) in [6, 6.07) is 21.6. The van der Waals surface area contributed by atoms with Crippen LogP contribution in [0.4, 0.5) is 0 Å². The summed E-state index contributed by atoms with van der Waals surface area (Å²) in [4.78, 5) is 25.8. The molecule has 0 unspecified atom stereocenters. The van der Waals surface area contributed by atoms with Gasteiger partial charge in [0, 0.05) is 24.7 Å². The summed E-state index contributed by atoms with van der Waals surface area (Å²) in [6.45, 7) is 0.310. The topological polar surface area (TPSA) is 97.5 Å². The van der Waals surface area contributed by atoms with Gasteiger partial charge in [-0.15, -0.1) is 0 Å². The van der Waals surface area contributed by atoms with Crippen LogP contribution in [0.25, 0.3) is 0 Å². The molecule has 3 aromatic carbocycles. The average molecular weight is 423 g/mol. The zero-order valence-electron chi connectivity index (χ0n) is 16.5. The molecule has 154 valence electrons. The quantitative estimate of drug-likeness (QED) is 0.633. The highest BCUT2D eigenvalue weighted by atomic mass is 32.2. The first-order valence-corrected chi connectivity index (χ1v) is 10.9. The SMILES string of the molecule is CN(Cc1cccc(C(N)=O)c1)C(=O)c1ccc(CS(=O)(=O)c2ccccc2)cc1. The first kappa shape index (κ1) is 21.3. The molecule has 0 aliphatic heterocycles. The predicted molar refractivity (Wildman–Crippen MR) is 115 cm³/mol. The van der Waals surface area contributed by atoms with Gasteiger partial charge in [-0.3, -0.25) is 9.59 Å². The molecular formula is C23H22N2O4S. The Kier molecular flexibility index (Phi) is 6.32. The summed E-state index contributed by atoms with van der Waals surface area (Å²) in [7, 11) is -1.79. The maximum Gasteiger partial charge on any atom is 0.253 e. The van der Waals surface area contributed by atoms with Crippen molar-refractivity contribution in [3.05, 3.63) is 101 Å². The van der Waals surface area contributed by atoms with E-state index in [1.165, 1.54) is 4.90 Å². The fraction of sp³-hybridized carbons (Fsp3) is 0.130. The highest BCUT2D eigenvalue weighted by molar-refractivity contribution is 7.90. The molecular weight excluding hydrogens is 400 g/mol. The minimum atomic E-state index is -3.45. The van der Waals surface area contributed by atoms with E-state index in [1.54, 1.807) is 79.8 Å². The number of nitrogens with zero attached hydrogens (tertiary/aromatic N) is 1. The molecule has 0 aliphatic carbocycles. The van der Waals surface area contributed by atoms with Crippen molar-refractivity contribution in [1.82, 2.24) is 4.90 Å². The Hall–Kier alpha value is -3.45. The largest absolute Gasteiger partial charge is 0.366 e. The van der Waals surface area contributed by atoms with E-state index in [0.717, 1.165) is 5.56 Å². The van der Waals surface area contributed by atoms with Crippen molar-refractivity contribution in [2.75, 3.05) is 7.05 Å². The second kappa shape index (κ2) is 8.92. The minimum absolute atomic E-state index is 0.138. The molecule has 0 radical (unpaired) electrons. The van der Waals surface area contributed by atoms with Crippen molar-refractivity contribution in [3.63, 3.8) is 0 Å². The molecule has 0 fully saturated rings. The molecule has 0 aliphatic rings. The Balaban J connectivity index is 1.69. The van der Waals surface area contributed by atoms with Crippen LogP contribution in [0.2, 0.25) is 0 Å². The van der Waals surface area contributed by atoms with Crippen LogP contribution < -0.4 is 5.73 Å². The molecule has 0 spiro atoms. The number of primary amides is 1. The lowest BCUT2D eigenvalue weighted by Gasteiger charge is -2.18. The van der Waals surface area contributed by atoms with E-state index in [4.69, 9.17) is 5.73 Å². The van der Waals surface area contributed by atoms with Gasteiger partial charge in [0.15, 0.2) is 9.84 Å². The third-order valence-corrected chi connectivity index (χ3v) is 6.34. The Morgan fingerprint density at radius 3 is 2.13 bits per heavy atom. The van der Waals surface area contributed by atoms with Crippen LogP contribution in [0.1, 0.15) is 31.8 Å². The van der Waals surface area contributed by atoms with Gasteiger partial charge in [0.2, 0.25) is 5.91 Å². The van der Waals surface area contributed by atoms with Crippen LogP contribution in [0, 0.1) is 0 Å². The number of amides is 2. The lowest BCUT2D eigenvalue weighted by molar-refractivity contribution is 0.0785. The maximum atomic E-state index is 12.7. The Morgan fingerprint density at radius 1 is 0.833 bits per heavy atom. The summed E-state index contributed by atoms with van der Waals surface area (Å²) >= 11 is 0. The van der Waals surface area contributed by atoms with Gasteiger partial charge in [0.25, 0.3) is 5.91 Å². The lowest BCUT2D eigenvalue weighted by atomic mass is 10.1. The first-order chi connectivity index (χ1) is 14.3. The fourth-order valence-electron chi connectivity index (χ4n) is 3.06. The lowest BCUT2D eigenvalue weighted by Crippen LogP contribution is -2.26. The number of benzene rings is 3.